The molecule has 24 heavy (non-hydrogen) atoms. The summed E-state index contributed by atoms with van der Waals surface area (Å²) >= 11 is 0. The smallest absolute Gasteiger partial charge is 0.325 e. The molecule has 142 valence electrons. The van der Waals surface area contributed by atoms with E-state index in [0.29, 0.717) is 27.6 Å². The quantitative estimate of drug-likeness (QED) is 0.179. The van der Waals surface area contributed by atoms with E-state index in [1.807, 2.05) is 6.92 Å². The Morgan fingerprint density at radius 1 is 1.17 bits per heavy atom. The third-order valence-corrected chi connectivity index (χ3v) is 68.7. The molecule has 0 fully saturated rings. The number of hydrogen-bond donors (Lipinski definition) is 2. The molecule has 17 heteroatoms. The summed E-state index contributed by atoms with van der Waals surface area (Å²) in [6.07, 6.45) is 1.32. The molecule has 0 aliphatic rings. The molecule has 5 nitrogen and oxygen atoms in total. The van der Waals surface area contributed by atoms with Gasteiger partial charge in [0.15, 0.2) is 0 Å². The molecular weight excluding hydrogens is 534 g/mol. The fourth-order valence-corrected chi connectivity index (χ4v) is 96.9. The number of hydrogen-bond acceptors (Lipinski definition) is 3. The maximum absolute atomic E-state index is 12.3. The molecule has 0 aromatic rings. The predicted molar refractivity (Wildman–Crippen MR) is 142 cm³/mol. The van der Waals surface area contributed by atoms with Crippen LogP contribution in [-0.4, -0.2) is 29.9 Å². The standard InChI is InChI=1S/C7H25NO4P12/c1-2-4-12-5-3-6(9)8-20(23(17)19-13)24(21(14)15)22(16)18-7(10)11/h18-19H,2-5,13-17H2,1H3,(H,8,9)(H,10,11). The number of rotatable bonds is 13. The van der Waals surface area contributed by atoms with Crippen LogP contribution in [0.25, 0.3) is 0 Å². The Labute approximate surface area is 165 Å². The van der Waals surface area contributed by atoms with Gasteiger partial charge in [0.05, 0.1) is 20.5 Å². The Balaban J connectivity index is 4.98. The van der Waals surface area contributed by atoms with Gasteiger partial charge in [-0.1, -0.05) is 14.9 Å². The van der Waals surface area contributed by atoms with E-state index in [1.165, 1.54) is 0 Å². The molecule has 11 unspecified atom stereocenters. The Hall–Kier alpha value is 4.06. The highest BCUT2D eigenvalue weighted by atomic mass is 33.2. The van der Waals surface area contributed by atoms with Crippen molar-refractivity contribution in [3.8, 4) is 0 Å². The van der Waals surface area contributed by atoms with E-state index in [2.05, 4.69) is 49.7 Å². The zero-order chi connectivity index (χ0) is 18.7. The van der Waals surface area contributed by atoms with Crippen molar-refractivity contribution in [3.63, 3.8) is 0 Å². The topological polar surface area (TPSA) is 75.6 Å². The molecule has 0 radical (unpaired) electrons. The molecule has 0 aliphatic heterocycles. The molecule has 0 bridgehead atoms. The van der Waals surface area contributed by atoms with Gasteiger partial charge in [-0.15, -0.1) is 44.6 Å². The summed E-state index contributed by atoms with van der Waals surface area (Å²) in [5.41, 5.74) is -0.730. The minimum Gasteiger partial charge on any atom is -0.478 e. The molecule has 0 aromatic heterocycles. The van der Waals surface area contributed by atoms with Crippen LogP contribution < -0.4 is 5.09 Å². The summed E-state index contributed by atoms with van der Waals surface area (Å²) in [6.45, 7) is 1.14. The van der Waals surface area contributed by atoms with Crippen molar-refractivity contribution in [3.05, 3.63) is 0 Å². The molecule has 0 rings (SSSR count). The highest BCUT2D eigenvalue weighted by Gasteiger charge is 2.35. The van der Waals surface area contributed by atoms with Gasteiger partial charge in [0.2, 0.25) is 5.91 Å². The predicted octanol–water partition coefficient (Wildman–Crippen LogP) is 7.72. The third kappa shape index (κ3) is 12.6. The Kier molecular flexibility index (Phi) is 19.7. The minimum atomic E-state index is -0.730. The summed E-state index contributed by atoms with van der Waals surface area (Å²) in [4.78, 5) is 23.5. The van der Waals surface area contributed by atoms with Gasteiger partial charge < -0.3 is 14.9 Å². The monoisotopic (exact) mass is 559 g/mol. The van der Waals surface area contributed by atoms with Crippen LogP contribution in [0.1, 0.15) is 19.8 Å². The molecular formula is C7H25NO4P12. The van der Waals surface area contributed by atoms with E-state index in [4.69, 9.17) is 9.84 Å². The fraction of sp³-hybridized carbons (Fsp3) is 0.714. The van der Waals surface area contributed by atoms with Crippen molar-refractivity contribution < 1.29 is 19.4 Å². The van der Waals surface area contributed by atoms with Gasteiger partial charge in [-0.2, -0.15) is 0 Å². The third-order valence-electron chi connectivity index (χ3n) is 2.16. The van der Waals surface area contributed by atoms with Crippen LogP contribution in [0.4, 0.5) is 4.79 Å². The zero-order valence-corrected chi connectivity index (χ0v) is 25.4. The molecule has 1 amide bonds. The summed E-state index contributed by atoms with van der Waals surface area (Å²) < 4.78 is 5.40. The van der Waals surface area contributed by atoms with Crippen molar-refractivity contribution >= 4 is 108 Å². The second kappa shape index (κ2) is 16.8. The number of carboxylic acid groups (broad SMARTS) is 1. The number of nitrogens with one attached hydrogen (secondary N) is 1. The first-order valence-electron chi connectivity index (χ1n) is 6.56. The van der Waals surface area contributed by atoms with Crippen molar-refractivity contribution in [1.82, 2.24) is 5.09 Å². The normalized spacial score (nSPS) is 17.5. The van der Waals surface area contributed by atoms with Crippen LogP contribution >= 0.6 is 96.3 Å². The van der Waals surface area contributed by atoms with Gasteiger partial charge in [-0.25, -0.2) is 4.79 Å². The molecule has 0 saturated carbocycles. The highest BCUT2D eigenvalue weighted by Crippen LogP contribution is 3.15. The van der Waals surface area contributed by atoms with Gasteiger partial charge in [0, 0.05) is 21.9 Å². The van der Waals surface area contributed by atoms with Crippen LogP contribution in [0.5, 0.6) is 0 Å². The molecule has 2 N–H and O–H groups in total. The van der Waals surface area contributed by atoms with Crippen LogP contribution in [0, 0.1) is 0 Å². The van der Waals surface area contributed by atoms with Crippen molar-refractivity contribution in [2.45, 2.75) is 19.8 Å². The average Bonchev–Trinajstić information content (AvgIpc) is 2.49. The van der Waals surface area contributed by atoms with Gasteiger partial charge in [-0.05, 0) is 27.4 Å². The maximum atomic E-state index is 12.3. The first-order valence-corrected chi connectivity index (χ1v) is 28.1. The SMILES string of the molecule is CCCOCCC(=O)NP(P(P)PP)P(P(P)P)P(P)PC(=O)O. The lowest BCUT2D eigenvalue weighted by Crippen LogP contribution is -2.18. The first kappa shape index (κ1) is 28.1. The van der Waals surface area contributed by atoms with E-state index in [1.54, 1.807) is 0 Å². The van der Waals surface area contributed by atoms with E-state index in [-0.39, 0.29) is 14.2 Å². The molecule has 0 heterocycles. The van der Waals surface area contributed by atoms with E-state index in [0.717, 1.165) is 6.42 Å². The Morgan fingerprint density at radius 3 is 2.25 bits per heavy atom. The van der Waals surface area contributed by atoms with E-state index in [9.17, 15) is 9.59 Å². The summed E-state index contributed by atoms with van der Waals surface area (Å²) in [7, 11) is 14.1. The largest absolute Gasteiger partial charge is 0.478 e. The maximum Gasteiger partial charge on any atom is 0.325 e. The van der Waals surface area contributed by atoms with Crippen LogP contribution in [0.3, 0.4) is 0 Å². The minimum absolute atomic E-state index is 0.0295. The van der Waals surface area contributed by atoms with E-state index < -0.39 is 41.1 Å². The average molecular weight is 559 g/mol. The Bertz CT molecular complexity index is 388. The molecule has 0 aliphatic carbocycles. The highest BCUT2D eigenvalue weighted by molar-refractivity contribution is 9.18. The van der Waals surface area contributed by atoms with E-state index >= 15 is 0 Å². The zero-order valence-electron chi connectivity index (χ0n) is 13.1. The summed E-state index contributed by atoms with van der Waals surface area (Å²) in [5, 5.41) is 12.4. The van der Waals surface area contributed by atoms with Crippen LogP contribution in [0.2, 0.25) is 0 Å². The van der Waals surface area contributed by atoms with Crippen molar-refractivity contribution in [2.24, 2.45) is 0 Å². The lowest BCUT2D eigenvalue weighted by atomic mass is 10.4. The van der Waals surface area contributed by atoms with Gasteiger partial charge in [0.1, 0.15) is 0 Å². The number of ether oxygens (including phenoxy) is 1. The summed E-state index contributed by atoms with van der Waals surface area (Å²) in [5.74, 6) is 0.0295. The number of carbonyl (C=O) groups is 2. The lowest BCUT2D eigenvalue weighted by molar-refractivity contribution is -0.120. The summed E-state index contributed by atoms with van der Waals surface area (Å²) in [6, 6.07) is 0. The molecule has 0 saturated heterocycles. The molecule has 0 aromatic carbocycles. The van der Waals surface area contributed by atoms with Crippen LogP contribution in [0.15, 0.2) is 0 Å². The van der Waals surface area contributed by atoms with Gasteiger partial charge in [-0.3, -0.25) is 4.79 Å². The second-order valence-corrected chi connectivity index (χ2v) is 47.7. The van der Waals surface area contributed by atoms with Crippen molar-refractivity contribution in [1.29, 1.82) is 0 Å². The lowest BCUT2D eigenvalue weighted by Gasteiger charge is -2.37. The first-order chi connectivity index (χ1) is 11.2. The number of carbonyl (C=O) groups excluding carboxylic acids is 1. The Morgan fingerprint density at radius 2 is 1.79 bits per heavy atom. The van der Waals surface area contributed by atoms with Gasteiger partial charge >= 0.3 is 5.71 Å². The fourth-order valence-electron chi connectivity index (χ4n) is 1.26. The van der Waals surface area contributed by atoms with Crippen molar-refractivity contribution in [2.75, 3.05) is 13.2 Å². The van der Waals surface area contributed by atoms with Crippen LogP contribution in [-0.2, 0) is 9.53 Å². The molecule has 0 spiro atoms. The second-order valence-electron chi connectivity index (χ2n) is 4.07. The van der Waals surface area contributed by atoms with Gasteiger partial charge in [0.25, 0.3) is 0 Å². The number of amides is 1. The molecule has 11 atom stereocenters.